The molecule has 0 bridgehead atoms. The van der Waals surface area contributed by atoms with Gasteiger partial charge >= 0.3 is 0 Å². The van der Waals surface area contributed by atoms with E-state index in [1.54, 1.807) is 19.1 Å². The average molecular weight is 493 g/mol. The third kappa shape index (κ3) is 2.44. The second kappa shape index (κ2) is 5.41. The number of hydrogen-bond donors (Lipinski definition) is 0. The first kappa shape index (κ1) is 19.3. The molecule has 0 aromatic carbocycles. The van der Waals surface area contributed by atoms with Crippen molar-refractivity contribution in [2.24, 2.45) is 10.8 Å². The second-order valence-electron chi connectivity index (χ2n) is 6.62. The summed E-state index contributed by atoms with van der Waals surface area (Å²) in [5.74, 6) is -6.93. The number of hydrogen-bond acceptors (Lipinski definition) is 1. The summed E-state index contributed by atoms with van der Waals surface area (Å²) in [4.78, 5) is 3.86. The molecule has 2 rings (SSSR count). The molecule has 1 heterocycles. The summed E-state index contributed by atoms with van der Waals surface area (Å²) >= 11 is 0. The monoisotopic (exact) mass is 493 g/mol. The van der Waals surface area contributed by atoms with Gasteiger partial charge in [0.1, 0.15) is 0 Å². The van der Waals surface area contributed by atoms with Gasteiger partial charge in [-0.25, -0.2) is 17.6 Å². The molecule has 1 aromatic heterocycles. The number of alkyl halides is 4. The van der Waals surface area contributed by atoms with Crippen molar-refractivity contribution in [3.63, 3.8) is 0 Å². The van der Waals surface area contributed by atoms with E-state index >= 15 is 0 Å². The van der Waals surface area contributed by atoms with Crippen molar-refractivity contribution in [3.8, 4) is 0 Å². The first-order chi connectivity index (χ1) is 9.34. The van der Waals surface area contributed by atoms with Gasteiger partial charge in [0.2, 0.25) is 11.8 Å². The molecule has 0 amide bonds. The zero-order valence-corrected chi connectivity index (χ0v) is 15.4. The predicted octanol–water partition coefficient (Wildman–Crippen LogP) is 4.91. The Morgan fingerprint density at radius 2 is 1.50 bits per heavy atom. The predicted molar refractivity (Wildman–Crippen MR) is 73.1 cm³/mol. The largest absolute Gasteiger partial charge is 0.350 e. The van der Waals surface area contributed by atoms with Crippen LogP contribution in [0.25, 0.3) is 5.57 Å². The van der Waals surface area contributed by atoms with Crippen molar-refractivity contribution < 1.29 is 37.7 Å². The summed E-state index contributed by atoms with van der Waals surface area (Å²) in [7, 11) is 0. The third-order valence-electron chi connectivity index (χ3n) is 4.90. The van der Waals surface area contributed by atoms with Gasteiger partial charge in [-0.05, 0) is 12.5 Å². The van der Waals surface area contributed by atoms with E-state index < -0.39 is 28.2 Å². The minimum Gasteiger partial charge on any atom is -0.350 e. The van der Waals surface area contributed by atoms with Gasteiger partial charge in [0.05, 0.1) is 0 Å². The summed E-state index contributed by atoms with van der Waals surface area (Å²) in [6.45, 7) is 6.36. The van der Waals surface area contributed by atoms with E-state index in [0.29, 0.717) is 0 Å². The van der Waals surface area contributed by atoms with E-state index in [0.717, 1.165) is 33.3 Å². The standard InChI is InChI=1S/C16H18F4N.Ir/c1-10-6-7-12(21-9-10)11-8-15(17,18)13(2,3)14(4,5)16(11,19)20;/h6-7,9H,1-5H3;/q-1;. The van der Waals surface area contributed by atoms with E-state index in [-0.39, 0.29) is 25.8 Å². The molecule has 0 saturated carbocycles. The Hall–Kier alpha value is -0.741. The van der Waals surface area contributed by atoms with Crippen LogP contribution in [0.4, 0.5) is 17.6 Å². The van der Waals surface area contributed by atoms with Crippen molar-refractivity contribution in [2.45, 2.75) is 46.5 Å². The van der Waals surface area contributed by atoms with Crippen LogP contribution >= 0.6 is 0 Å². The summed E-state index contributed by atoms with van der Waals surface area (Å²) in [6, 6.07) is 2.90. The van der Waals surface area contributed by atoms with Crippen molar-refractivity contribution in [1.29, 1.82) is 0 Å². The Bertz CT molecular complexity index is 589. The van der Waals surface area contributed by atoms with Gasteiger partial charge in [-0.2, -0.15) is 6.08 Å². The Balaban J connectivity index is 0.00000242. The van der Waals surface area contributed by atoms with E-state index in [2.05, 4.69) is 4.98 Å². The molecule has 1 nitrogen and oxygen atoms in total. The van der Waals surface area contributed by atoms with Crippen molar-refractivity contribution in [1.82, 2.24) is 4.98 Å². The van der Waals surface area contributed by atoms with E-state index in [4.69, 9.17) is 0 Å². The van der Waals surface area contributed by atoms with Crippen LogP contribution in [0.2, 0.25) is 0 Å². The number of aromatic nitrogens is 1. The number of rotatable bonds is 1. The van der Waals surface area contributed by atoms with Crippen LogP contribution in [0.3, 0.4) is 0 Å². The van der Waals surface area contributed by atoms with Crippen molar-refractivity contribution in [2.75, 3.05) is 0 Å². The van der Waals surface area contributed by atoms with Gasteiger partial charge < -0.3 is 4.98 Å². The first-order valence-corrected chi connectivity index (χ1v) is 6.69. The topological polar surface area (TPSA) is 12.9 Å². The summed E-state index contributed by atoms with van der Waals surface area (Å²) in [6.07, 6.45) is 3.12. The molecule has 1 aromatic rings. The summed E-state index contributed by atoms with van der Waals surface area (Å²) in [5, 5.41) is 0. The fraction of sp³-hybridized carbons (Fsp3) is 0.562. The average Bonchev–Trinajstić information content (AvgIpc) is 2.35. The number of allylic oxidation sites excluding steroid dienone is 2. The SMILES string of the molecule is Cc1ccc(C2=[C-]C(F)(F)C(C)(C)C(C)(C)C2(F)F)nc1.[Ir]. The van der Waals surface area contributed by atoms with Crippen LogP contribution in [0.15, 0.2) is 18.3 Å². The molecule has 0 fully saturated rings. The molecule has 0 N–H and O–H groups in total. The number of pyridine rings is 1. The third-order valence-corrected chi connectivity index (χ3v) is 4.90. The van der Waals surface area contributed by atoms with Crippen molar-refractivity contribution >= 4 is 5.57 Å². The Labute approximate surface area is 141 Å². The van der Waals surface area contributed by atoms with E-state index in [1.807, 2.05) is 0 Å². The second-order valence-corrected chi connectivity index (χ2v) is 6.62. The van der Waals surface area contributed by atoms with Crippen LogP contribution in [0.5, 0.6) is 0 Å². The molecule has 0 unspecified atom stereocenters. The van der Waals surface area contributed by atoms with Gasteiger partial charge in [-0.3, -0.25) is 0 Å². The molecule has 0 atom stereocenters. The van der Waals surface area contributed by atoms with E-state index in [1.165, 1.54) is 12.3 Å². The number of nitrogens with zero attached hydrogens (tertiary/aromatic N) is 1. The Kier molecular flexibility index (Phi) is 4.75. The molecule has 1 radical (unpaired) electrons. The van der Waals surface area contributed by atoms with Gasteiger partial charge in [-0.15, -0.1) is 11.6 Å². The smallest absolute Gasteiger partial charge is 0.248 e. The molecule has 1 aliphatic carbocycles. The molecule has 0 saturated heterocycles. The Morgan fingerprint density at radius 3 is 1.95 bits per heavy atom. The quantitative estimate of drug-likeness (QED) is 0.401. The van der Waals surface area contributed by atoms with Crippen LogP contribution in [-0.4, -0.2) is 16.8 Å². The van der Waals surface area contributed by atoms with Gasteiger partial charge in [0, 0.05) is 37.1 Å². The Morgan fingerprint density at radius 1 is 0.955 bits per heavy atom. The minimum atomic E-state index is -3.47. The fourth-order valence-corrected chi connectivity index (χ4v) is 2.33. The number of aryl methyl sites for hydroxylation is 1. The van der Waals surface area contributed by atoms with Crippen LogP contribution in [-0.2, 0) is 20.1 Å². The molecule has 0 spiro atoms. The maximum Gasteiger partial charge on any atom is 0.248 e. The molecular weight excluding hydrogens is 474 g/mol. The zero-order chi connectivity index (χ0) is 16.3. The van der Waals surface area contributed by atoms with Crippen molar-refractivity contribution in [3.05, 3.63) is 35.7 Å². The van der Waals surface area contributed by atoms with Crippen LogP contribution in [0.1, 0.15) is 39.0 Å². The molecule has 0 aliphatic heterocycles. The maximum absolute atomic E-state index is 14.8. The fourth-order valence-electron chi connectivity index (χ4n) is 2.33. The minimum absolute atomic E-state index is 0. The van der Waals surface area contributed by atoms with Crippen LogP contribution < -0.4 is 0 Å². The number of halogens is 4. The van der Waals surface area contributed by atoms with Crippen LogP contribution in [0, 0.1) is 23.8 Å². The van der Waals surface area contributed by atoms with Gasteiger partial charge in [0.15, 0.2) is 0 Å². The maximum atomic E-state index is 14.8. The van der Waals surface area contributed by atoms with E-state index in [9.17, 15) is 17.6 Å². The molecule has 1 aliphatic rings. The molecular formula is C16H18F4IrN-. The molecule has 6 heteroatoms. The first-order valence-electron chi connectivity index (χ1n) is 6.69. The van der Waals surface area contributed by atoms with Gasteiger partial charge in [-0.1, -0.05) is 39.5 Å². The van der Waals surface area contributed by atoms with Gasteiger partial charge in [0.25, 0.3) is 0 Å². The molecule has 125 valence electrons. The summed E-state index contributed by atoms with van der Waals surface area (Å²) < 4.78 is 58.3. The normalized spacial score (nSPS) is 24.1. The zero-order valence-electron chi connectivity index (χ0n) is 13.0. The molecule has 22 heavy (non-hydrogen) atoms. The summed E-state index contributed by atoms with van der Waals surface area (Å²) in [5.41, 5.74) is -4.09.